The minimum atomic E-state index is -1.50. The van der Waals surface area contributed by atoms with Gasteiger partial charge in [0.15, 0.2) is 24.8 Å². The van der Waals surface area contributed by atoms with Crippen molar-refractivity contribution in [1.82, 2.24) is 15.5 Å². The van der Waals surface area contributed by atoms with Crippen LogP contribution in [0.1, 0.15) is 108 Å². The highest BCUT2D eigenvalue weighted by atomic mass is 35.5. The van der Waals surface area contributed by atoms with Crippen molar-refractivity contribution in [3.63, 3.8) is 0 Å². The first-order chi connectivity index (χ1) is 37.9. The number of hydrogen-bond donors (Lipinski definition) is 11. The molecule has 2 amide bonds. The molecule has 0 spiro atoms. The number of rotatable bonds is 18. The molecule has 3 saturated heterocycles. The van der Waals surface area contributed by atoms with Gasteiger partial charge in [-0.15, -0.1) is 49.4 Å². The van der Waals surface area contributed by atoms with Gasteiger partial charge in [0.1, 0.15) is 67.2 Å². The topological polar surface area (TPSA) is 443 Å². The summed E-state index contributed by atoms with van der Waals surface area (Å²) in [5.41, 5.74) is 5.26. The van der Waals surface area contributed by atoms with Crippen LogP contribution in [0.4, 0.5) is 0 Å². The quantitative estimate of drug-likeness (QED) is 0.0275. The molecule has 0 saturated carbocycles. The Morgan fingerprint density at radius 2 is 0.927 bits per heavy atom. The number of carbonyl (C=O) groups is 9. The van der Waals surface area contributed by atoms with E-state index < -0.39 is 153 Å². The predicted molar refractivity (Wildman–Crippen MR) is 288 cm³/mol. The lowest BCUT2D eigenvalue weighted by Gasteiger charge is -2.44. The molecule has 82 heavy (non-hydrogen) atoms. The van der Waals surface area contributed by atoms with Crippen molar-refractivity contribution in [2.45, 2.75) is 200 Å². The largest absolute Gasteiger partial charge is 0.463 e. The Morgan fingerprint density at radius 3 is 1.27 bits per heavy atom. The van der Waals surface area contributed by atoms with E-state index in [0.29, 0.717) is 12.8 Å². The van der Waals surface area contributed by atoms with E-state index in [-0.39, 0.29) is 50.5 Å². The first-order valence-electron chi connectivity index (χ1n) is 25.3. The fraction of sp³-hybridized carbons (Fsp3) is 0.712. The number of Topliss-reactive ketones (excluding diaryl/α,β-unsaturated/α-hetero) is 1. The summed E-state index contributed by atoms with van der Waals surface area (Å²) in [4.78, 5) is 102. The first-order valence-corrected chi connectivity index (χ1v) is 25.3. The van der Waals surface area contributed by atoms with Gasteiger partial charge in [0.25, 0.3) is 0 Å². The van der Waals surface area contributed by atoms with Crippen LogP contribution < -0.4 is 16.4 Å². The van der Waals surface area contributed by atoms with Crippen LogP contribution in [-0.4, -0.2) is 231 Å². The molecule has 3 rings (SSSR count). The van der Waals surface area contributed by atoms with Gasteiger partial charge in [-0.05, 0) is 26.6 Å². The Kier molecular flexibility index (Phi) is 46.9. The average molecular weight is 1200 g/mol. The lowest BCUT2D eigenvalue weighted by molar-refractivity contribution is -0.271. The molecular weight excluding hydrogens is 1120 g/mol. The van der Waals surface area contributed by atoms with E-state index in [1.54, 1.807) is 0 Å². The Hall–Kier alpha value is -5.92. The number of ether oxygens (including phenoxy) is 8. The molecule has 15 unspecified atom stereocenters. The van der Waals surface area contributed by atoms with Crippen LogP contribution in [0.5, 0.6) is 0 Å². The highest BCUT2D eigenvalue weighted by Crippen LogP contribution is 2.28. The van der Waals surface area contributed by atoms with Crippen LogP contribution >= 0.6 is 12.4 Å². The highest BCUT2D eigenvalue weighted by molar-refractivity contribution is 5.85. The van der Waals surface area contributed by atoms with Crippen LogP contribution in [0.2, 0.25) is 0 Å². The van der Waals surface area contributed by atoms with Gasteiger partial charge in [-0.25, -0.2) is 0 Å². The minimum absolute atomic E-state index is 0. The standard InChI is InChI=1S/C19H25NO10.C11H17NO6.C6H13NO5.C6H15N.C6H8O.C4H6O3.ClH/c1-6-7-8-15(25)20-16-18(28-12(4)23)17(27-11(3)22)14(9-26-10(2)21)30-19(16)29-13(5)24;1-2-3-4-7(14)12-8-10(16)9(15)6(5-13)18-11(8)17;7-3-5(10)4(9)2(1-8)12-6(3)11;1-4-7(5-2)6-3;1-3-4-5-6(2)7;1-3(5)7-4(2)6;/h1,14,16-19H,7-9H2,2-5H3,(H,20,25);1,6,8-11,13,15-17H,3-5H2,(H,12,14);2-6,8-11H,1,7H2;4-6H2,1-3H3;1H,4-5H2,2H3;1-2H3;1H. The number of aliphatic hydroxyl groups excluding tert-OH is 8. The molecule has 0 aliphatic carbocycles. The zero-order chi connectivity index (χ0) is 63.1. The number of aliphatic hydroxyl groups is 8. The summed E-state index contributed by atoms with van der Waals surface area (Å²) in [5, 5.41) is 78.7. The predicted octanol–water partition coefficient (Wildman–Crippen LogP) is -3.49. The number of nitrogens with one attached hydrogen (secondary N) is 2. The molecule has 470 valence electrons. The number of ketones is 1. The molecule has 0 aromatic heterocycles. The third-order valence-electron chi connectivity index (χ3n) is 10.7. The molecule has 0 aromatic carbocycles. The number of carbonyl (C=O) groups excluding carboxylic acids is 9. The molecule has 3 fully saturated rings. The molecule has 29 nitrogen and oxygen atoms in total. The number of amides is 2. The summed E-state index contributed by atoms with van der Waals surface area (Å²) in [5.74, 6) is 2.13. The molecule has 30 heteroatoms. The molecule has 0 bridgehead atoms. The molecule has 0 radical (unpaired) electrons. The number of esters is 6. The summed E-state index contributed by atoms with van der Waals surface area (Å²) < 4.78 is 39.8. The van der Waals surface area contributed by atoms with Gasteiger partial charge in [-0.3, -0.25) is 43.2 Å². The van der Waals surface area contributed by atoms with Crippen LogP contribution in [0, 0.1) is 37.0 Å². The summed E-state index contributed by atoms with van der Waals surface area (Å²) in [6.07, 6.45) is 1.09. The number of halogens is 1. The Labute approximate surface area is 483 Å². The first kappa shape index (κ1) is 82.5. The van der Waals surface area contributed by atoms with Crippen molar-refractivity contribution in [3.05, 3.63) is 0 Å². The van der Waals surface area contributed by atoms with Gasteiger partial charge in [0, 0.05) is 80.1 Å². The third kappa shape index (κ3) is 35.8. The molecule has 3 aliphatic heterocycles. The van der Waals surface area contributed by atoms with Crippen molar-refractivity contribution in [1.29, 1.82) is 0 Å². The van der Waals surface area contributed by atoms with E-state index in [0.717, 1.165) is 27.7 Å². The lowest BCUT2D eigenvalue weighted by atomic mass is 9.96. The Morgan fingerprint density at radius 1 is 0.524 bits per heavy atom. The molecule has 12 N–H and O–H groups in total. The number of nitrogens with two attached hydrogens (primary N) is 1. The van der Waals surface area contributed by atoms with Crippen LogP contribution in [0.25, 0.3) is 0 Å². The molecular formula is C52H85ClN4O25. The van der Waals surface area contributed by atoms with Crippen molar-refractivity contribution in [3.8, 4) is 37.0 Å². The van der Waals surface area contributed by atoms with Crippen molar-refractivity contribution in [2.75, 3.05) is 39.5 Å². The average Bonchev–Trinajstić information content (AvgIpc) is 3.45. The molecule has 3 aliphatic rings. The second kappa shape index (κ2) is 46.6. The van der Waals surface area contributed by atoms with E-state index in [2.05, 4.69) is 58.8 Å². The van der Waals surface area contributed by atoms with Crippen molar-refractivity contribution in [2.24, 2.45) is 5.73 Å². The summed E-state index contributed by atoms with van der Waals surface area (Å²) >= 11 is 0. The van der Waals surface area contributed by atoms with Gasteiger partial charge in [0.2, 0.25) is 18.1 Å². The fourth-order valence-corrected chi connectivity index (χ4v) is 6.70. The summed E-state index contributed by atoms with van der Waals surface area (Å²) in [6, 6.07) is -3.42. The van der Waals surface area contributed by atoms with E-state index in [1.807, 2.05) is 0 Å². The van der Waals surface area contributed by atoms with Crippen LogP contribution in [0.15, 0.2) is 0 Å². The zero-order valence-electron chi connectivity index (χ0n) is 47.8. The second-order valence-electron chi connectivity index (χ2n) is 17.3. The minimum Gasteiger partial charge on any atom is -0.463 e. The lowest BCUT2D eigenvalue weighted by Crippen LogP contribution is -2.67. The maximum atomic E-state index is 12.2. The van der Waals surface area contributed by atoms with Crippen molar-refractivity contribution < 1.29 is 122 Å². The van der Waals surface area contributed by atoms with E-state index >= 15 is 0 Å². The normalized spacial score (nSPS) is 26.5. The molecule has 0 aromatic rings. The smallest absolute Gasteiger partial charge is 0.310 e. The van der Waals surface area contributed by atoms with Crippen LogP contribution in [-0.2, 0) is 81.0 Å². The van der Waals surface area contributed by atoms with E-state index in [1.165, 1.54) is 40.4 Å². The number of nitrogens with zero attached hydrogens (tertiary/aromatic N) is 1. The van der Waals surface area contributed by atoms with Crippen LogP contribution in [0.3, 0.4) is 0 Å². The fourth-order valence-electron chi connectivity index (χ4n) is 6.70. The van der Waals surface area contributed by atoms with E-state index in [4.69, 9.17) is 73.5 Å². The SMILES string of the molecule is C#CCCC(=O)NC1C(O)OC(CO)C(O)C1O.C#CCCC(=O)NC1C(OC(C)=O)OC(COC(C)=O)C(OC(C)=O)C1OC(C)=O.C#CCCC(C)=O.CC(=O)OC(C)=O.CCN(CC)CC.Cl.NC1C(O)OC(CO)C(O)C1O. The van der Waals surface area contributed by atoms with E-state index in [9.17, 15) is 68.7 Å². The van der Waals surface area contributed by atoms with Crippen molar-refractivity contribution >= 4 is 65.8 Å². The van der Waals surface area contributed by atoms with Gasteiger partial charge in [-0.2, -0.15) is 0 Å². The third-order valence-corrected chi connectivity index (χ3v) is 10.7. The summed E-state index contributed by atoms with van der Waals surface area (Å²) in [7, 11) is 0. The maximum Gasteiger partial charge on any atom is 0.310 e. The Bertz CT molecular complexity index is 2040. The number of terminal acetylenes is 3. The van der Waals surface area contributed by atoms with Gasteiger partial charge < -0.3 is 100 Å². The van der Waals surface area contributed by atoms with Gasteiger partial charge in [0.05, 0.1) is 19.3 Å². The Balaban J connectivity index is -0.000000495. The van der Waals surface area contributed by atoms with Gasteiger partial charge >= 0.3 is 35.8 Å². The summed E-state index contributed by atoms with van der Waals surface area (Å²) in [6.45, 7) is 17.1. The monoisotopic (exact) mass is 1200 g/mol. The number of hydrogen-bond acceptors (Lipinski definition) is 27. The zero-order valence-corrected chi connectivity index (χ0v) is 48.6. The molecule has 15 atom stereocenters. The van der Waals surface area contributed by atoms with Gasteiger partial charge in [-0.1, -0.05) is 20.8 Å². The highest BCUT2D eigenvalue weighted by Gasteiger charge is 2.52. The molecule has 3 heterocycles. The second-order valence-corrected chi connectivity index (χ2v) is 17.3. The maximum absolute atomic E-state index is 12.2.